The highest BCUT2D eigenvalue weighted by molar-refractivity contribution is 5.93. The Kier molecular flexibility index (Phi) is 7.88. The van der Waals surface area contributed by atoms with Gasteiger partial charge in [0.25, 0.3) is 0 Å². The molecule has 0 bridgehead atoms. The average molecular weight is 387 g/mol. The number of hydrogen-bond donors (Lipinski definition) is 1. The van der Waals surface area contributed by atoms with Crippen molar-refractivity contribution in [3.05, 3.63) is 59.7 Å². The maximum atomic E-state index is 11.2. The fraction of sp³-hybridized carbons (Fsp3) is 0.435. The van der Waals surface area contributed by atoms with Crippen LogP contribution in [0, 0.1) is 5.92 Å². The van der Waals surface area contributed by atoms with Gasteiger partial charge in [-0.3, -0.25) is 4.79 Å². The van der Waals surface area contributed by atoms with Gasteiger partial charge in [0.05, 0.1) is 0 Å². The number of likely N-dealkylation sites (tertiary alicyclic amines) is 1. The van der Waals surface area contributed by atoms with Gasteiger partial charge >= 0.3 is 0 Å². The summed E-state index contributed by atoms with van der Waals surface area (Å²) in [5.74, 6) is 1.05. The van der Waals surface area contributed by atoms with Gasteiger partial charge in [-0.25, -0.2) is 0 Å². The van der Waals surface area contributed by atoms with Crippen LogP contribution in [0.4, 0.5) is 0 Å². The summed E-state index contributed by atoms with van der Waals surface area (Å²) in [4.78, 5) is 13.9. The van der Waals surface area contributed by atoms with E-state index in [0.717, 1.165) is 11.5 Å². The van der Waals surface area contributed by atoms with Gasteiger partial charge in [0.1, 0.15) is 0 Å². The lowest BCUT2D eigenvalue weighted by Crippen LogP contribution is -2.34. The summed E-state index contributed by atoms with van der Waals surface area (Å²) in [5, 5.41) is 0. The van der Waals surface area contributed by atoms with Crippen LogP contribution >= 0.6 is 12.4 Å². The second-order valence-electron chi connectivity index (χ2n) is 7.87. The summed E-state index contributed by atoms with van der Waals surface area (Å²) in [5.41, 5.74) is 9.66. The molecule has 3 nitrogen and oxygen atoms in total. The highest BCUT2D eigenvalue weighted by Crippen LogP contribution is 2.31. The topological polar surface area (TPSA) is 46.3 Å². The van der Waals surface area contributed by atoms with E-state index < -0.39 is 0 Å². The summed E-state index contributed by atoms with van der Waals surface area (Å²) >= 11 is 0. The van der Waals surface area contributed by atoms with Crippen molar-refractivity contribution in [3.8, 4) is 11.1 Å². The van der Waals surface area contributed by atoms with Gasteiger partial charge in [0, 0.05) is 5.56 Å². The molecule has 1 fully saturated rings. The van der Waals surface area contributed by atoms with E-state index >= 15 is 0 Å². The molecule has 0 unspecified atom stereocenters. The van der Waals surface area contributed by atoms with Crippen molar-refractivity contribution in [1.29, 1.82) is 0 Å². The number of rotatable bonds is 6. The molecule has 0 spiro atoms. The SMILES string of the molecule is CC(C)CCN1CCC(c2cccc(-c3ccc(C(N)=O)cc3)c2)CC1.Cl. The quantitative estimate of drug-likeness (QED) is 0.750. The summed E-state index contributed by atoms with van der Waals surface area (Å²) in [6.45, 7) is 8.24. The number of carbonyl (C=O) groups excluding carboxylic acids is 1. The molecule has 2 aromatic carbocycles. The molecule has 1 heterocycles. The smallest absolute Gasteiger partial charge is 0.248 e. The number of nitrogens with two attached hydrogens (primary N) is 1. The molecule has 0 atom stereocenters. The number of primary amides is 1. The van der Waals surface area contributed by atoms with Gasteiger partial charge in [-0.05, 0) is 79.6 Å². The fourth-order valence-electron chi connectivity index (χ4n) is 3.73. The minimum absolute atomic E-state index is 0. The highest BCUT2D eigenvalue weighted by atomic mass is 35.5. The van der Waals surface area contributed by atoms with Gasteiger partial charge in [0.2, 0.25) is 5.91 Å². The molecule has 0 radical (unpaired) electrons. The second-order valence-corrected chi connectivity index (χ2v) is 7.87. The predicted octanol–water partition coefficient (Wildman–Crippen LogP) is 5.10. The third kappa shape index (κ3) is 5.82. The van der Waals surface area contributed by atoms with Gasteiger partial charge in [-0.15, -0.1) is 12.4 Å². The molecule has 0 aromatic heterocycles. The Morgan fingerprint density at radius 1 is 1.07 bits per heavy atom. The minimum Gasteiger partial charge on any atom is -0.366 e. The van der Waals surface area contributed by atoms with Crippen molar-refractivity contribution in [3.63, 3.8) is 0 Å². The van der Waals surface area contributed by atoms with Crippen molar-refractivity contribution >= 4 is 18.3 Å². The van der Waals surface area contributed by atoms with Crippen LogP contribution in [0.3, 0.4) is 0 Å². The maximum absolute atomic E-state index is 11.2. The molecule has 1 saturated heterocycles. The molecule has 146 valence electrons. The van der Waals surface area contributed by atoms with Gasteiger partial charge < -0.3 is 10.6 Å². The maximum Gasteiger partial charge on any atom is 0.248 e. The predicted molar refractivity (Wildman–Crippen MR) is 116 cm³/mol. The van der Waals surface area contributed by atoms with Crippen LogP contribution in [0.1, 0.15) is 54.9 Å². The molecule has 1 amide bonds. The zero-order valence-electron chi connectivity index (χ0n) is 16.4. The Bertz CT molecular complexity index is 734. The molecule has 1 aliphatic heterocycles. The van der Waals surface area contributed by atoms with Crippen LogP contribution in [0.5, 0.6) is 0 Å². The van der Waals surface area contributed by atoms with E-state index in [1.807, 2.05) is 12.1 Å². The van der Waals surface area contributed by atoms with E-state index in [4.69, 9.17) is 5.73 Å². The van der Waals surface area contributed by atoms with Crippen molar-refractivity contribution in [2.24, 2.45) is 11.7 Å². The molecule has 2 N–H and O–H groups in total. The summed E-state index contributed by atoms with van der Waals surface area (Å²) in [6, 6.07) is 16.4. The Balaban J connectivity index is 0.00000261. The van der Waals surface area contributed by atoms with E-state index in [1.54, 1.807) is 12.1 Å². The Hall–Kier alpha value is -1.84. The van der Waals surface area contributed by atoms with Crippen molar-refractivity contribution in [2.45, 2.75) is 39.0 Å². The third-order valence-corrected chi connectivity index (χ3v) is 5.47. The van der Waals surface area contributed by atoms with E-state index in [9.17, 15) is 4.79 Å². The Labute approximate surface area is 169 Å². The monoisotopic (exact) mass is 386 g/mol. The summed E-state index contributed by atoms with van der Waals surface area (Å²) in [7, 11) is 0. The van der Waals surface area contributed by atoms with Crippen LogP contribution in [-0.2, 0) is 0 Å². The lowest BCUT2D eigenvalue weighted by Gasteiger charge is -2.32. The Morgan fingerprint density at radius 3 is 2.33 bits per heavy atom. The van der Waals surface area contributed by atoms with Crippen molar-refractivity contribution in [1.82, 2.24) is 4.90 Å². The standard InChI is InChI=1S/C23H30N2O.ClH/c1-17(2)10-13-25-14-11-19(12-15-25)22-5-3-4-21(16-22)18-6-8-20(9-7-18)23(24)26;/h3-9,16-17,19H,10-15H2,1-2H3,(H2,24,26);1H. The average Bonchev–Trinajstić information content (AvgIpc) is 2.67. The second kappa shape index (κ2) is 9.91. The van der Waals surface area contributed by atoms with E-state index in [1.165, 1.54) is 50.0 Å². The number of carbonyl (C=O) groups is 1. The van der Waals surface area contributed by atoms with Crippen molar-refractivity contribution in [2.75, 3.05) is 19.6 Å². The van der Waals surface area contributed by atoms with Crippen LogP contribution in [0.15, 0.2) is 48.5 Å². The molecule has 0 aliphatic carbocycles. The number of benzene rings is 2. The minimum atomic E-state index is -0.380. The molecule has 0 saturated carbocycles. The number of halogens is 1. The normalized spacial score (nSPS) is 15.5. The number of amides is 1. The zero-order valence-corrected chi connectivity index (χ0v) is 17.2. The number of nitrogens with zero attached hydrogens (tertiary/aromatic N) is 1. The van der Waals surface area contributed by atoms with E-state index in [2.05, 4.69) is 43.0 Å². The molecule has 2 aromatic rings. The fourth-order valence-corrected chi connectivity index (χ4v) is 3.73. The first kappa shape index (κ1) is 21.5. The van der Waals surface area contributed by atoms with Crippen LogP contribution in [-0.4, -0.2) is 30.4 Å². The zero-order chi connectivity index (χ0) is 18.5. The lowest BCUT2D eigenvalue weighted by atomic mass is 9.87. The van der Waals surface area contributed by atoms with Crippen LogP contribution < -0.4 is 5.73 Å². The lowest BCUT2D eigenvalue weighted by molar-refractivity contribution is 0.100. The molecular weight excluding hydrogens is 356 g/mol. The molecule has 27 heavy (non-hydrogen) atoms. The summed E-state index contributed by atoms with van der Waals surface area (Å²) in [6.07, 6.45) is 3.77. The van der Waals surface area contributed by atoms with Gasteiger partial charge in [0.15, 0.2) is 0 Å². The third-order valence-electron chi connectivity index (χ3n) is 5.47. The van der Waals surface area contributed by atoms with Crippen LogP contribution in [0.25, 0.3) is 11.1 Å². The van der Waals surface area contributed by atoms with E-state index in [-0.39, 0.29) is 18.3 Å². The number of hydrogen-bond acceptors (Lipinski definition) is 2. The first-order valence-corrected chi connectivity index (χ1v) is 9.75. The largest absolute Gasteiger partial charge is 0.366 e. The Morgan fingerprint density at radius 2 is 1.74 bits per heavy atom. The summed E-state index contributed by atoms with van der Waals surface area (Å²) < 4.78 is 0. The molecule has 1 aliphatic rings. The van der Waals surface area contributed by atoms with Crippen LogP contribution in [0.2, 0.25) is 0 Å². The van der Waals surface area contributed by atoms with Gasteiger partial charge in [-0.2, -0.15) is 0 Å². The highest BCUT2D eigenvalue weighted by Gasteiger charge is 2.20. The molecular formula is C23H31ClN2O. The molecule has 4 heteroatoms. The van der Waals surface area contributed by atoms with Gasteiger partial charge in [-0.1, -0.05) is 50.2 Å². The molecule has 3 rings (SSSR count). The first-order chi connectivity index (χ1) is 12.5. The van der Waals surface area contributed by atoms with Crippen molar-refractivity contribution < 1.29 is 4.79 Å². The number of piperidine rings is 1. The van der Waals surface area contributed by atoms with E-state index in [0.29, 0.717) is 11.5 Å². The first-order valence-electron chi connectivity index (χ1n) is 9.75.